The second-order valence-corrected chi connectivity index (χ2v) is 5.71. The highest BCUT2D eigenvalue weighted by Crippen LogP contribution is 2.28. The smallest absolute Gasteiger partial charge is 0.202 e. The molecule has 0 saturated heterocycles. The van der Waals surface area contributed by atoms with Gasteiger partial charge in [0.25, 0.3) is 0 Å². The van der Waals surface area contributed by atoms with Gasteiger partial charge in [0.2, 0.25) is 5.95 Å². The topological polar surface area (TPSA) is 64.9 Å². The van der Waals surface area contributed by atoms with Crippen LogP contribution in [0.1, 0.15) is 25.5 Å². The summed E-state index contributed by atoms with van der Waals surface area (Å²) < 4.78 is 3.96. The number of nitrogen functional groups attached to an aromatic ring is 1. The number of anilines is 1. The van der Waals surface area contributed by atoms with Crippen LogP contribution in [-0.2, 0) is 13.6 Å². The molecule has 3 rings (SSSR count). The van der Waals surface area contributed by atoms with E-state index in [1.165, 1.54) is 12.8 Å². The first kappa shape index (κ1) is 12.5. The minimum atomic E-state index is 0.447. The lowest BCUT2D eigenvalue weighted by Crippen LogP contribution is -2.34. The van der Waals surface area contributed by atoms with Crippen LogP contribution in [0.25, 0.3) is 11.2 Å². The maximum absolute atomic E-state index is 6.07. The summed E-state index contributed by atoms with van der Waals surface area (Å²) in [6, 6.07) is 1.20. The first-order chi connectivity index (χ1) is 8.99. The van der Waals surface area contributed by atoms with Crippen LogP contribution < -0.4 is 5.73 Å². The molecule has 2 aromatic heterocycles. The minimum absolute atomic E-state index is 0.447. The van der Waals surface area contributed by atoms with Crippen molar-refractivity contribution in [1.82, 2.24) is 24.2 Å². The lowest BCUT2D eigenvalue weighted by Gasteiger charge is -2.25. The molecule has 1 aliphatic carbocycles. The molecular formula is C13H22N6. The zero-order chi connectivity index (χ0) is 13.7. The first-order valence-corrected chi connectivity index (χ1v) is 6.86. The van der Waals surface area contributed by atoms with Crippen LogP contribution in [0.3, 0.4) is 0 Å². The van der Waals surface area contributed by atoms with Crippen molar-refractivity contribution >= 4 is 17.1 Å². The molecule has 0 aromatic carbocycles. The molecule has 6 heteroatoms. The zero-order valence-corrected chi connectivity index (χ0v) is 12.1. The van der Waals surface area contributed by atoms with Gasteiger partial charge in [-0.3, -0.25) is 14.1 Å². The number of nitrogens with two attached hydrogens (primary N) is 1. The summed E-state index contributed by atoms with van der Waals surface area (Å²) in [5.74, 6) is 0.585. The van der Waals surface area contributed by atoms with Gasteiger partial charge < -0.3 is 5.73 Å². The predicted molar refractivity (Wildman–Crippen MR) is 75.9 cm³/mol. The van der Waals surface area contributed by atoms with E-state index in [1.54, 1.807) is 0 Å². The summed E-state index contributed by atoms with van der Waals surface area (Å²) in [5, 5.41) is 4.42. The minimum Gasteiger partial charge on any atom is -0.369 e. The van der Waals surface area contributed by atoms with E-state index in [2.05, 4.69) is 33.5 Å². The highest BCUT2D eigenvalue weighted by Gasteiger charge is 2.30. The monoisotopic (exact) mass is 262 g/mol. The molecule has 6 nitrogen and oxygen atoms in total. The van der Waals surface area contributed by atoms with Crippen molar-refractivity contribution in [3.8, 4) is 0 Å². The van der Waals surface area contributed by atoms with Crippen LogP contribution in [0, 0.1) is 6.92 Å². The molecular weight excluding hydrogens is 240 g/mol. The number of rotatable bonds is 4. The van der Waals surface area contributed by atoms with Gasteiger partial charge in [-0.25, -0.2) is 4.98 Å². The number of aryl methyl sites for hydroxylation is 2. The number of likely N-dealkylation sites (N-methyl/N-ethyl adjacent to an activating group) is 1. The summed E-state index contributed by atoms with van der Waals surface area (Å²) in [7, 11) is 4.14. The molecule has 2 heterocycles. The van der Waals surface area contributed by atoms with Crippen molar-refractivity contribution in [3.05, 3.63) is 5.69 Å². The van der Waals surface area contributed by atoms with E-state index >= 15 is 0 Å². The predicted octanol–water partition coefficient (Wildman–Crippen LogP) is 1.14. The van der Waals surface area contributed by atoms with Gasteiger partial charge in [-0.15, -0.1) is 0 Å². The lowest BCUT2D eigenvalue weighted by atomic mass is 10.3. The quantitative estimate of drug-likeness (QED) is 0.897. The van der Waals surface area contributed by atoms with Crippen molar-refractivity contribution in [2.24, 2.45) is 7.05 Å². The molecule has 0 spiro atoms. The Balaban J connectivity index is 1.93. The molecule has 0 aliphatic heterocycles. The third-order valence-corrected chi connectivity index (χ3v) is 4.18. The van der Waals surface area contributed by atoms with E-state index < -0.39 is 0 Å². The second-order valence-electron chi connectivity index (χ2n) is 5.71. The number of nitrogens with zero attached hydrogens (tertiary/aromatic N) is 5. The van der Waals surface area contributed by atoms with Gasteiger partial charge in [0.05, 0.1) is 5.69 Å². The second kappa shape index (κ2) is 4.23. The molecule has 1 aliphatic rings. The van der Waals surface area contributed by atoms with Crippen molar-refractivity contribution in [2.75, 3.05) is 12.8 Å². The zero-order valence-electron chi connectivity index (χ0n) is 12.1. The molecule has 1 unspecified atom stereocenters. The molecule has 2 aromatic rings. The van der Waals surface area contributed by atoms with Crippen LogP contribution in [0.2, 0.25) is 0 Å². The van der Waals surface area contributed by atoms with Crippen molar-refractivity contribution in [2.45, 2.75) is 45.3 Å². The molecule has 0 bridgehead atoms. The highest BCUT2D eigenvalue weighted by atomic mass is 15.4. The molecule has 1 fully saturated rings. The van der Waals surface area contributed by atoms with Gasteiger partial charge in [-0.1, -0.05) is 0 Å². The van der Waals surface area contributed by atoms with E-state index in [0.29, 0.717) is 12.0 Å². The van der Waals surface area contributed by atoms with Crippen molar-refractivity contribution in [3.63, 3.8) is 0 Å². The van der Waals surface area contributed by atoms with Gasteiger partial charge in [0.1, 0.15) is 5.52 Å². The summed E-state index contributed by atoms with van der Waals surface area (Å²) in [5.41, 5.74) is 8.94. The van der Waals surface area contributed by atoms with Gasteiger partial charge >= 0.3 is 0 Å². The normalized spacial score (nSPS) is 17.5. The highest BCUT2D eigenvalue weighted by molar-refractivity contribution is 5.77. The van der Waals surface area contributed by atoms with Gasteiger partial charge in [-0.2, -0.15) is 5.10 Å². The Morgan fingerprint density at radius 1 is 1.47 bits per heavy atom. The molecule has 104 valence electrons. The molecule has 2 N–H and O–H groups in total. The summed E-state index contributed by atoms with van der Waals surface area (Å²) in [6.45, 7) is 5.07. The van der Waals surface area contributed by atoms with Gasteiger partial charge in [0, 0.05) is 25.7 Å². The molecule has 0 amide bonds. The Morgan fingerprint density at radius 3 is 2.79 bits per heavy atom. The Morgan fingerprint density at radius 2 is 2.16 bits per heavy atom. The van der Waals surface area contributed by atoms with Gasteiger partial charge in [-0.05, 0) is 33.7 Å². The number of fused-ring (bicyclic) bond motifs is 1. The van der Waals surface area contributed by atoms with E-state index in [0.717, 1.165) is 29.4 Å². The SMILES string of the molecule is Cc1nn(C)c2c1nc(N)n2CC(C)N(C)C1CC1. The van der Waals surface area contributed by atoms with E-state index in [1.807, 2.05) is 18.7 Å². The maximum Gasteiger partial charge on any atom is 0.202 e. The largest absolute Gasteiger partial charge is 0.369 e. The maximum atomic E-state index is 6.07. The van der Waals surface area contributed by atoms with E-state index in [4.69, 9.17) is 5.73 Å². The molecule has 1 atom stereocenters. The van der Waals surface area contributed by atoms with Crippen LogP contribution in [-0.4, -0.2) is 43.4 Å². The first-order valence-electron chi connectivity index (χ1n) is 6.86. The van der Waals surface area contributed by atoms with E-state index in [-0.39, 0.29) is 0 Å². The van der Waals surface area contributed by atoms with Crippen LogP contribution in [0.4, 0.5) is 5.95 Å². The van der Waals surface area contributed by atoms with Crippen molar-refractivity contribution < 1.29 is 0 Å². The summed E-state index contributed by atoms with van der Waals surface area (Å²) in [6.07, 6.45) is 2.64. The number of imidazole rings is 1. The molecule has 0 radical (unpaired) electrons. The third-order valence-electron chi connectivity index (χ3n) is 4.18. The number of hydrogen-bond acceptors (Lipinski definition) is 4. The fraction of sp³-hybridized carbons (Fsp3) is 0.692. The Bertz CT molecular complexity index is 606. The molecule has 19 heavy (non-hydrogen) atoms. The number of hydrogen-bond donors (Lipinski definition) is 1. The standard InChI is InChI=1S/C13H22N6/c1-8(17(3)10-5-6-10)7-19-12-11(15-13(19)14)9(2)16-18(12)4/h8,10H,5-7H2,1-4H3,(H2,14,15). The van der Waals surface area contributed by atoms with Crippen molar-refractivity contribution in [1.29, 1.82) is 0 Å². The Labute approximate surface area is 113 Å². The summed E-state index contributed by atoms with van der Waals surface area (Å²) in [4.78, 5) is 6.88. The van der Waals surface area contributed by atoms with Crippen LogP contribution in [0.5, 0.6) is 0 Å². The van der Waals surface area contributed by atoms with E-state index in [9.17, 15) is 0 Å². The molecule has 1 saturated carbocycles. The van der Waals surface area contributed by atoms with Crippen LogP contribution >= 0.6 is 0 Å². The fourth-order valence-corrected chi connectivity index (χ4v) is 2.77. The van der Waals surface area contributed by atoms with Gasteiger partial charge in [0.15, 0.2) is 5.65 Å². The van der Waals surface area contributed by atoms with Crippen LogP contribution in [0.15, 0.2) is 0 Å². The fourth-order valence-electron chi connectivity index (χ4n) is 2.77. The number of aromatic nitrogens is 4. The average Bonchev–Trinajstić information content (AvgIpc) is 3.09. The summed E-state index contributed by atoms with van der Waals surface area (Å²) >= 11 is 0. The average molecular weight is 262 g/mol. The Kier molecular flexibility index (Phi) is 2.78. The lowest BCUT2D eigenvalue weighted by molar-refractivity contribution is 0.227. The Hall–Kier alpha value is -1.56. The third kappa shape index (κ3) is 2.00.